The van der Waals surface area contributed by atoms with Crippen LogP contribution >= 0.6 is 0 Å². The van der Waals surface area contributed by atoms with Crippen LogP contribution in [0.15, 0.2) is 43.0 Å². The highest BCUT2D eigenvalue weighted by molar-refractivity contribution is 5.14. The van der Waals surface area contributed by atoms with Crippen LogP contribution in [0.2, 0.25) is 0 Å². The minimum absolute atomic E-state index is 0.290. The monoisotopic (exact) mass is 205 g/mol. The van der Waals surface area contributed by atoms with E-state index in [9.17, 15) is 5.11 Å². The highest BCUT2D eigenvalue weighted by atomic mass is 16.3. The Bertz CT molecular complexity index is 295. The van der Waals surface area contributed by atoms with Crippen LogP contribution in [-0.4, -0.2) is 22.3 Å². The van der Waals surface area contributed by atoms with E-state index < -0.39 is 6.23 Å². The molecule has 1 aromatic carbocycles. The molecule has 1 unspecified atom stereocenters. The van der Waals surface area contributed by atoms with Crippen LogP contribution in [-0.2, 0) is 6.54 Å². The van der Waals surface area contributed by atoms with Gasteiger partial charge in [-0.25, -0.2) is 0 Å². The fourth-order valence-corrected chi connectivity index (χ4v) is 1.51. The largest absolute Gasteiger partial charge is 0.375 e. The van der Waals surface area contributed by atoms with Crippen LogP contribution in [0.3, 0.4) is 0 Å². The molecule has 1 N–H and O–H groups in total. The molecule has 15 heavy (non-hydrogen) atoms. The van der Waals surface area contributed by atoms with E-state index in [4.69, 9.17) is 0 Å². The first-order chi connectivity index (χ1) is 7.15. The Morgan fingerprint density at radius 2 is 1.93 bits per heavy atom. The third-order valence-corrected chi connectivity index (χ3v) is 2.42. The lowest BCUT2D eigenvalue weighted by atomic mass is 10.2. The van der Waals surface area contributed by atoms with Gasteiger partial charge in [0, 0.05) is 12.6 Å². The van der Waals surface area contributed by atoms with Gasteiger partial charge in [0.05, 0.1) is 0 Å². The summed E-state index contributed by atoms with van der Waals surface area (Å²) in [6, 6.07) is 10.4. The summed E-state index contributed by atoms with van der Waals surface area (Å²) < 4.78 is 0. The number of hydrogen-bond acceptors (Lipinski definition) is 2. The molecule has 0 saturated carbocycles. The maximum Gasteiger partial charge on any atom is 0.126 e. The molecule has 0 heterocycles. The molecule has 0 aromatic heterocycles. The third-order valence-electron chi connectivity index (χ3n) is 2.42. The van der Waals surface area contributed by atoms with Crippen molar-refractivity contribution in [2.24, 2.45) is 0 Å². The summed E-state index contributed by atoms with van der Waals surface area (Å²) in [5.41, 5.74) is 1.20. The summed E-state index contributed by atoms with van der Waals surface area (Å²) in [6.07, 6.45) is 0.980. The summed E-state index contributed by atoms with van der Waals surface area (Å²) in [5, 5.41) is 9.76. The van der Waals surface area contributed by atoms with E-state index in [1.807, 2.05) is 23.1 Å². The zero-order valence-corrected chi connectivity index (χ0v) is 9.43. The Hall–Kier alpha value is -1.12. The average molecular weight is 205 g/mol. The van der Waals surface area contributed by atoms with E-state index in [1.54, 1.807) is 6.08 Å². The van der Waals surface area contributed by atoms with E-state index in [2.05, 4.69) is 32.6 Å². The fourth-order valence-electron chi connectivity index (χ4n) is 1.51. The molecule has 0 amide bonds. The van der Waals surface area contributed by atoms with Crippen LogP contribution in [0.5, 0.6) is 0 Å². The summed E-state index contributed by atoms with van der Waals surface area (Å²) in [6.45, 7) is 8.49. The quantitative estimate of drug-likeness (QED) is 0.589. The standard InChI is InChI=1S/C13H19NO/c1-4-13(15)14(11(2)3)10-12-8-6-5-7-9-12/h4-9,11,13,15H,1,10H2,2-3H3. The molecule has 0 aliphatic carbocycles. The molecule has 2 nitrogen and oxygen atoms in total. The second-order valence-electron chi connectivity index (χ2n) is 3.90. The van der Waals surface area contributed by atoms with Gasteiger partial charge in [-0.2, -0.15) is 0 Å². The SMILES string of the molecule is C=CC(O)N(Cc1ccccc1)C(C)C. The Balaban J connectivity index is 2.71. The normalized spacial score (nSPS) is 13.1. The molecule has 0 bridgehead atoms. The van der Waals surface area contributed by atoms with Crippen molar-refractivity contribution in [3.8, 4) is 0 Å². The van der Waals surface area contributed by atoms with Gasteiger partial charge in [-0.15, -0.1) is 0 Å². The molecule has 1 aromatic rings. The lowest BCUT2D eigenvalue weighted by molar-refractivity contribution is 0.0129. The Morgan fingerprint density at radius 1 is 1.33 bits per heavy atom. The van der Waals surface area contributed by atoms with Crippen molar-refractivity contribution in [2.45, 2.75) is 32.7 Å². The van der Waals surface area contributed by atoms with Gasteiger partial charge in [-0.3, -0.25) is 4.90 Å². The van der Waals surface area contributed by atoms with Crippen LogP contribution in [0.4, 0.5) is 0 Å². The number of hydrogen-bond donors (Lipinski definition) is 1. The topological polar surface area (TPSA) is 23.5 Å². The molecule has 0 spiro atoms. The maximum atomic E-state index is 9.76. The molecule has 0 aliphatic rings. The van der Waals surface area contributed by atoms with E-state index >= 15 is 0 Å². The smallest absolute Gasteiger partial charge is 0.126 e. The van der Waals surface area contributed by atoms with Crippen LogP contribution in [0.1, 0.15) is 19.4 Å². The predicted octanol–water partition coefficient (Wildman–Crippen LogP) is 2.40. The fraction of sp³-hybridized carbons (Fsp3) is 0.385. The van der Waals surface area contributed by atoms with Gasteiger partial charge in [0.2, 0.25) is 0 Å². The zero-order valence-electron chi connectivity index (χ0n) is 9.43. The van der Waals surface area contributed by atoms with E-state index in [-0.39, 0.29) is 0 Å². The number of nitrogens with zero attached hydrogens (tertiary/aromatic N) is 1. The average Bonchev–Trinajstić information content (AvgIpc) is 2.26. The van der Waals surface area contributed by atoms with Crippen molar-refractivity contribution in [1.82, 2.24) is 4.90 Å². The van der Waals surface area contributed by atoms with Crippen molar-refractivity contribution >= 4 is 0 Å². The van der Waals surface area contributed by atoms with Gasteiger partial charge in [0.15, 0.2) is 0 Å². The first kappa shape index (κ1) is 12.0. The van der Waals surface area contributed by atoms with Crippen LogP contribution in [0.25, 0.3) is 0 Å². The molecule has 0 saturated heterocycles. The Kier molecular flexibility index (Phi) is 4.53. The van der Waals surface area contributed by atoms with Crippen molar-refractivity contribution in [3.63, 3.8) is 0 Å². The predicted molar refractivity (Wildman–Crippen MR) is 63.3 cm³/mol. The van der Waals surface area contributed by atoms with Crippen molar-refractivity contribution in [2.75, 3.05) is 0 Å². The van der Waals surface area contributed by atoms with Crippen LogP contribution < -0.4 is 0 Å². The van der Waals surface area contributed by atoms with Crippen LogP contribution in [0, 0.1) is 0 Å². The Labute approximate surface area is 91.9 Å². The zero-order chi connectivity index (χ0) is 11.3. The minimum atomic E-state index is -0.579. The highest BCUT2D eigenvalue weighted by Crippen LogP contribution is 2.11. The van der Waals surface area contributed by atoms with Gasteiger partial charge in [0.25, 0.3) is 0 Å². The molecule has 0 radical (unpaired) electrons. The van der Waals surface area contributed by atoms with Crippen molar-refractivity contribution in [1.29, 1.82) is 0 Å². The van der Waals surface area contributed by atoms with Gasteiger partial charge >= 0.3 is 0 Å². The van der Waals surface area contributed by atoms with Gasteiger partial charge < -0.3 is 5.11 Å². The molecular formula is C13H19NO. The molecule has 0 aliphatic heterocycles. The number of aliphatic hydroxyl groups excluding tert-OH is 1. The summed E-state index contributed by atoms with van der Waals surface area (Å²) in [4.78, 5) is 1.99. The lowest BCUT2D eigenvalue weighted by Crippen LogP contribution is -2.38. The molecule has 0 fully saturated rings. The molecule has 1 rings (SSSR count). The molecular weight excluding hydrogens is 186 g/mol. The first-order valence-corrected chi connectivity index (χ1v) is 5.25. The lowest BCUT2D eigenvalue weighted by Gasteiger charge is -2.29. The number of aliphatic hydroxyl groups is 1. The summed E-state index contributed by atoms with van der Waals surface area (Å²) in [5.74, 6) is 0. The number of benzene rings is 1. The van der Waals surface area contributed by atoms with E-state index in [1.165, 1.54) is 5.56 Å². The van der Waals surface area contributed by atoms with E-state index in [0.717, 1.165) is 6.54 Å². The number of rotatable bonds is 5. The first-order valence-electron chi connectivity index (χ1n) is 5.25. The van der Waals surface area contributed by atoms with Crippen molar-refractivity contribution in [3.05, 3.63) is 48.6 Å². The Morgan fingerprint density at radius 3 is 2.40 bits per heavy atom. The molecule has 2 heteroatoms. The van der Waals surface area contributed by atoms with E-state index in [0.29, 0.717) is 6.04 Å². The van der Waals surface area contributed by atoms with Gasteiger partial charge in [0.1, 0.15) is 6.23 Å². The highest BCUT2D eigenvalue weighted by Gasteiger charge is 2.15. The summed E-state index contributed by atoms with van der Waals surface area (Å²) in [7, 11) is 0. The van der Waals surface area contributed by atoms with Crippen molar-refractivity contribution < 1.29 is 5.11 Å². The second kappa shape index (κ2) is 5.69. The summed E-state index contributed by atoms with van der Waals surface area (Å²) >= 11 is 0. The van der Waals surface area contributed by atoms with Gasteiger partial charge in [-0.05, 0) is 25.5 Å². The minimum Gasteiger partial charge on any atom is -0.375 e. The molecule has 1 atom stereocenters. The molecule has 82 valence electrons. The third kappa shape index (κ3) is 3.50. The second-order valence-corrected chi connectivity index (χ2v) is 3.90. The van der Waals surface area contributed by atoms with Gasteiger partial charge in [-0.1, -0.05) is 36.9 Å². The maximum absolute atomic E-state index is 9.76.